The molecule has 0 bridgehead atoms. The minimum Gasteiger partial charge on any atom is -0.465 e. The van der Waals surface area contributed by atoms with Gasteiger partial charge in [0.15, 0.2) is 0 Å². The molecule has 0 radical (unpaired) electrons. The molecule has 0 spiro atoms. The van der Waals surface area contributed by atoms with E-state index in [-0.39, 0.29) is 5.91 Å². The molecule has 4 rings (SSSR count). The number of hydrogen-bond acceptors (Lipinski definition) is 3. The molecule has 0 atom stereocenters. The van der Waals surface area contributed by atoms with Gasteiger partial charge >= 0.3 is 5.97 Å². The number of esters is 1. The summed E-state index contributed by atoms with van der Waals surface area (Å²) in [5, 5.41) is 4.49. The quantitative estimate of drug-likeness (QED) is 0.675. The first-order valence-electron chi connectivity index (χ1n) is 8.31. The summed E-state index contributed by atoms with van der Waals surface area (Å²) < 4.78 is 4.79. The molecule has 0 saturated heterocycles. The molecule has 3 aromatic rings. The van der Waals surface area contributed by atoms with Crippen LogP contribution in [0.15, 0.2) is 48.7 Å². The second kappa shape index (κ2) is 6.18. The highest BCUT2D eigenvalue weighted by Gasteiger charge is 2.52. The number of aromatic amines is 1. The molecular formula is C20H17ClN2O3. The first-order chi connectivity index (χ1) is 12.5. The van der Waals surface area contributed by atoms with E-state index >= 15 is 0 Å². The Kier molecular flexibility index (Phi) is 3.96. The van der Waals surface area contributed by atoms with Crippen LogP contribution >= 0.6 is 11.6 Å². The van der Waals surface area contributed by atoms with Crippen molar-refractivity contribution >= 4 is 40.1 Å². The number of nitrogens with one attached hydrogen (secondary N) is 2. The van der Waals surface area contributed by atoms with Crippen LogP contribution < -0.4 is 5.32 Å². The van der Waals surface area contributed by atoms with Gasteiger partial charge in [-0.05, 0) is 48.7 Å². The van der Waals surface area contributed by atoms with Crippen LogP contribution in [0.2, 0.25) is 5.02 Å². The number of carbonyl (C=O) groups excluding carboxylic acids is 2. The molecular weight excluding hydrogens is 352 g/mol. The number of benzene rings is 2. The Morgan fingerprint density at radius 3 is 2.69 bits per heavy atom. The zero-order valence-corrected chi connectivity index (χ0v) is 14.9. The number of H-pyrrole nitrogens is 1. The highest BCUT2D eigenvalue weighted by molar-refractivity contribution is 6.31. The molecule has 132 valence electrons. The van der Waals surface area contributed by atoms with Gasteiger partial charge in [0, 0.05) is 22.1 Å². The predicted octanol–water partition coefficient (Wildman–Crippen LogP) is 4.28. The van der Waals surface area contributed by atoms with Gasteiger partial charge in [0.2, 0.25) is 5.91 Å². The van der Waals surface area contributed by atoms with E-state index in [1.54, 1.807) is 24.3 Å². The lowest BCUT2D eigenvalue weighted by molar-refractivity contribution is -0.118. The first kappa shape index (κ1) is 16.7. The Morgan fingerprint density at radius 1 is 1.19 bits per heavy atom. The average molecular weight is 369 g/mol. The Morgan fingerprint density at radius 2 is 1.96 bits per heavy atom. The molecule has 6 heteroatoms. The van der Waals surface area contributed by atoms with Gasteiger partial charge in [0.25, 0.3) is 0 Å². The zero-order valence-electron chi connectivity index (χ0n) is 14.1. The molecule has 2 aromatic carbocycles. The van der Waals surface area contributed by atoms with Crippen LogP contribution in [-0.2, 0) is 14.9 Å². The Balaban J connectivity index is 1.69. The lowest BCUT2D eigenvalue weighted by atomic mass is 9.94. The summed E-state index contributed by atoms with van der Waals surface area (Å²) in [6.07, 6.45) is 3.37. The number of methoxy groups -OCH3 is 1. The van der Waals surface area contributed by atoms with E-state index in [0.29, 0.717) is 16.3 Å². The number of rotatable bonds is 4. The van der Waals surface area contributed by atoms with Crippen LogP contribution in [0.3, 0.4) is 0 Å². The van der Waals surface area contributed by atoms with Crippen LogP contribution in [0.25, 0.3) is 10.9 Å². The number of fused-ring (bicyclic) bond motifs is 1. The van der Waals surface area contributed by atoms with Crippen LogP contribution in [-0.4, -0.2) is 24.0 Å². The normalized spacial score (nSPS) is 14.8. The standard InChI is InChI=1S/C20H17ClN2O3/c1-26-18(24)13-4-2-3-5-17(13)23-19(25)20(8-9-20)15-11-22-16-7-6-12(21)10-14(15)16/h2-7,10-11,22H,8-9H2,1H3,(H,23,25). The van der Waals surface area contributed by atoms with Crippen molar-refractivity contribution in [2.24, 2.45) is 0 Å². The molecule has 0 unspecified atom stereocenters. The number of halogens is 1. The smallest absolute Gasteiger partial charge is 0.339 e. The minimum absolute atomic E-state index is 0.130. The summed E-state index contributed by atoms with van der Waals surface area (Å²) >= 11 is 6.13. The molecule has 1 aliphatic rings. The number of amides is 1. The number of hydrogen-bond donors (Lipinski definition) is 2. The number of aromatic nitrogens is 1. The molecule has 1 amide bonds. The highest BCUT2D eigenvalue weighted by atomic mass is 35.5. The van der Waals surface area contributed by atoms with E-state index < -0.39 is 11.4 Å². The van der Waals surface area contributed by atoms with Crippen molar-refractivity contribution in [3.05, 3.63) is 64.8 Å². The SMILES string of the molecule is COC(=O)c1ccccc1NC(=O)C1(c2c[nH]c3ccc(Cl)cc23)CC1. The maximum atomic E-state index is 13.1. The van der Waals surface area contributed by atoms with Crippen molar-refractivity contribution in [2.45, 2.75) is 18.3 Å². The van der Waals surface area contributed by atoms with Gasteiger partial charge < -0.3 is 15.0 Å². The Labute approximate surface area is 155 Å². The molecule has 0 aliphatic heterocycles. The fourth-order valence-electron chi connectivity index (χ4n) is 3.35. The van der Waals surface area contributed by atoms with E-state index in [0.717, 1.165) is 29.3 Å². The van der Waals surface area contributed by atoms with Gasteiger partial charge in [-0.2, -0.15) is 0 Å². The largest absolute Gasteiger partial charge is 0.465 e. The molecule has 26 heavy (non-hydrogen) atoms. The van der Waals surface area contributed by atoms with Gasteiger partial charge in [0.05, 0.1) is 23.8 Å². The third-order valence-electron chi connectivity index (χ3n) is 4.92. The van der Waals surface area contributed by atoms with E-state index in [9.17, 15) is 9.59 Å². The fraction of sp³-hybridized carbons (Fsp3) is 0.200. The van der Waals surface area contributed by atoms with Gasteiger partial charge in [-0.25, -0.2) is 4.79 Å². The Bertz CT molecular complexity index is 1020. The lowest BCUT2D eigenvalue weighted by Gasteiger charge is -2.16. The summed E-state index contributed by atoms with van der Waals surface area (Å²) in [6.45, 7) is 0. The zero-order chi connectivity index (χ0) is 18.3. The van der Waals surface area contributed by atoms with Crippen LogP contribution in [0, 0.1) is 0 Å². The average Bonchev–Trinajstić information content (AvgIpc) is 3.35. The lowest BCUT2D eigenvalue weighted by Crippen LogP contribution is -2.28. The molecule has 2 N–H and O–H groups in total. The van der Waals surface area contributed by atoms with Gasteiger partial charge in [-0.1, -0.05) is 23.7 Å². The van der Waals surface area contributed by atoms with E-state index in [1.807, 2.05) is 24.4 Å². The van der Waals surface area contributed by atoms with Gasteiger partial charge in [-0.3, -0.25) is 4.79 Å². The maximum Gasteiger partial charge on any atom is 0.339 e. The van der Waals surface area contributed by atoms with E-state index in [2.05, 4.69) is 10.3 Å². The molecule has 5 nitrogen and oxygen atoms in total. The summed E-state index contributed by atoms with van der Waals surface area (Å²) in [7, 11) is 1.32. The van der Waals surface area contributed by atoms with Crippen LogP contribution in [0.1, 0.15) is 28.8 Å². The van der Waals surface area contributed by atoms with Crippen LogP contribution in [0.4, 0.5) is 5.69 Å². The molecule has 1 aliphatic carbocycles. The molecule has 1 fully saturated rings. The van der Waals surface area contributed by atoms with Crippen molar-refractivity contribution in [1.82, 2.24) is 4.98 Å². The number of para-hydroxylation sites is 1. The molecule has 1 aromatic heterocycles. The molecule has 1 heterocycles. The monoisotopic (exact) mass is 368 g/mol. The number of carbonyl (C=O) groups is 2. The summed E-state index contributed by atoms with van der Waals surface area (Å²) in [5.74, 6) is -0.612. The highest BCUT2D eigenvalue weighted by Crippen LogP contribution is 2.51. The second-order valence-electron chi connectivity index (χ2n) is 6.47. The first-order valence-corrected chi connectivity index (χ1v) is 8.69. The molecule has 1 saturated carbocycles. The number of anilines is 1. The van der Waals surface area contributed by atoms with Crippen molar-refractivity contribution in [3.63, 3.8) is 0 Å². The summed E-state index contributed by atoms with van der Waals surface area (Å²) in [6, 6.07) is 12.4. The van der Waals surface area contributed by atoms with E-state index in [4.69, 9.17) is 16.3 Å². The van der Waals surface area contributed by atoms with Crippen molar-refractivity contribution in [2.75, 3.05) is 12.4 Å². The third kappa shape index (κ3) is 2.65. The summed E-state index contributed by atoms with van der Waals surface area (Å²) in [4.78, 5) is 28.2. The fourth-order valence-corrected chi connectivity index (χ4v) is 3.53. The summed E-state index contributed by atoms with van der Waals surface area (Å²) in [5.41, 5.74) is 2.06. The van der Waals surface area contributed by atoms with Crippen molar-refractivity contribution in [1.29, 1.82) is 0 Å². The number of ether oxygens (including phenoxy) is 1. The third-order valence-corrected chi connectivity index (χ3v) is 5.16. The van der Waals surface area contributed by atoms with Crippen molar-refractivity contribution in [3.8, 4) is 0 Å². The minimum atomic E-state index is -0.605. The van der Waals surface area contributed by atoms with Gasteiger partial charge in [-0.15, -0.1) is 0 Å². The second-order valence-corrected chi connectivity index (χ2v) is 6.90. The van der Waals surface area contributed by atoms with Gasteiger partial charge in [0.1, 0.15) is 0 Å². The Hall–Kier alpha value is -2.79. The van der Waals surface area contributed by atoms with Crippen molar-refractivity contribution < 1.29 is 14.3 Å². The van der Waals surface area contributed by atoms with E-state index in [1.165, 1.54) is 7.11 Å². The van der Waals surface area contributed by atoms with Crippen LogP contribution in [0.5, 0.6) is 0 Å². The topological polar surface area (TPSA) is 71.2 Å². The predicted molar refractivity (Wildman–Crippen MR) is 101 cm³/mol. The maximum absolute atomic E-state index is 13.1.